The van der Waals surface area contributed by atoms with Crippen LogP contribution in [0.1, 0.15) is 0 Å². The number of para-hydroxylation sites is 2. The summed E-state index contributed by atoms with van der Waals surface area (Å²) in [7, 11) is 1.71. The minimum atomic E-state index is 0.863. The topological polar surface area (TPSA) is 14.2 Å². The predicted molar refractivity (Wildman–Crippen MR) is 173 cm³/mol. The summed E-state index contributed by atoms with van der Waals surface area (Å²) < 4.78 is 7.81. The standard InChI is InChI=1S/C39H27NO/c1-41-29-24-20-27(21-25-29)39-34-14-4-2-12-32(34)38(33-13-3-5-15-35(33)39)26-18-22-28(23-19-26)40-36-16-8-6-10-30(36)31-11-7-9-17-37(31)40/h2-25H,1H3. The number of rotatable bonds is 4. The van der Waals surface area contributed by atoms with Crippen LogP contribution < -0.4 is 4.74 Å². The van der Waals surface area contributed by atoms with Crippen molar-refractivity contribution in [3.8, 4) is 33.7 Å². The van der Waals surface area contributed by atoms with Gasteiger partial charge in [-0.15, -0.1) is 0 Å². The molecule has 8 aromatic rings. The first-order valence-electron chi connectivity index (χ1n) is 14.0. The van der Waals surface area contributed by atoms with Crippen LogP contribution in [-0.2, 0) is 0 Å². The zero-order chi connectivity index (χ0) is 27.3. The van der Waals surface area contributed by atoms with E-state index in [0.717, 1.165) is 11.4 Å². The van der Waals surface area contributed by atoms with Crippen LogP contribution in [0.15, 0.2) is 146 Å². The molecule has 1 heterocycles. The maximum atomic E-state index is 5.44. The van der Waals surface area contributed by atoms with Crippen molar-refractivity contribution in [2.75, 3.05) is 7.11 Å². The van der Waals surface area contributed by atoms with Crippen LogP contribution in [0.3, 0.4) is 0 Å². The quantitative estimate of drug-likeness (QED) is 0.208. The molecule has 1 aromatic heterocycles. The van der Waals surface area contributed by atoms with Gasteiger partial charge in [-0.2, -0.15) is 0 Å². The molecule has 0 radical (unpaired) electrons. The Hall–Kier alpha value is -5.34. The average Bonchev–Trinajstić information content (AvgIpc) is 3.38. The summed E-state index contributed by atoms with van der Waals surface area (Å²) in [5, 5.41) is 7.55. The van der Waals surface area contributed by atoms with Gasteiger partial charge < -0.3 is 9.30 Å². The van der Waals surface area contributed by atoms with E-state index in [9.17, 15) is 0 Å². The van der Waals surface area contributed by atoms with Gasteiger partial charge in [-0.1, -0.05) is 109 Å². The van der Waals surface area contributed by atoms with Gasteiger partial charge in [0.05, 0.1) is 18.1 Å². The highest BCUT2D eigenvalue weighted by atomic mass is 16.5. The summed E-state index contributed by atoms with van der Waals surface area (Å²) in [5.41, 5.74) is 8.53. The number of benzene rings is 7. The molecule has 0 saturated heterocycles. The average molecular weight is 526 g/mol. The van der Waals surface area contributed by atoms with E-state index in [0.29, 0.717) is 0 Å². The molecule has 2 nitrogen and oxygen atoms in total. The first-order chi connectivity index (χ1) is 20.3. The lowest BCUT2D eigenvalue weighted by Gasteiger charge is -2.18. The molecule has 194 valence electrons. The molecule has 0 spiro atoms. The van der Waals surface area contributed by atoms with Gasteiger partial charge in [0.1, 0.15) is 5.75 Å². The van der Waals surface area contributed by atoms with Crippen molar-refractivity contribution in [3.63, 3.8) is 0 Å². The molecule has 2 heteroatoms. The van der Waals surface area contributed by atoms with Crippen LogP contribution in [0.5, 0.6) is 5.75 Å². The molecule has 0 fully saturated rings. The summed E-state index contributed by atoms with van der Waals surface area (Å²) in [4.78, 5) is 0. The SMILES string of the molecule is COc1ccc(-c2c3ccccc3c(-c3ccc(-n4c5ccccc5c5ccccc54)cc3)c3ccccc23)cc1. The second kappa shape index (κ2) is 9.39. The first-order valence-corrected chi connectivity index (χ1v) is 14.0. The Balaban J connectivity index is 1.36. The smallest absolute Gasteiger partial charge is 0.118 e. The second-order valence-corrected chi connectivity index (χ2v) is 10.5. The molecule has 0 aliphatic rings. The fourth-order valence-electron chi connectivity index (χ4n) is 6.49. The molecule has 7 aromatic carbocycles. The van der Waals surface area contributed by atoms with Crippen molar-refractivity contribution in [2.45, 2.75) is 0 Å². The first kappa shape index (κ1) is 23.5. The Morgan fingerprint density at radius 2 is 0.756 bits per heavy atom. The summed E-state index contributed by atoms with van der Waals surface area (Å²) in [6.07, 6.45) is 0. The van der Waals surface area contributed by atoms with Gasteiger partial charge in [0.25, 0.3) is 0 Å². The van der Waals surface area contributed by atoms with Gasteiger partial charge >= 0.3 is 0 Å². The molecule has 0 amide bonds. The Morgan fingerprint density at radius 3 is 1.17 bits per heavy atom. The minimum Gasteiger partial charge on any atom is -0.497 e. The fraction of sp³-hybridized carbons (Fsp3) is 0.0256. The second-order valence-electron chi connectivity index (χ2n) is 10.5. The number of methoxy groups -OCH3 is 1. The maximum Gasteiger partial charge on any atom is 0.118 e. The van der Waals surface area contributed by atoms with Gasteiger partial charge in [0.2, 0.25) is 0 Å². The van der Waals surface area contributed by atoms with Gasteiger partial charge in [0, 0.05) is 16.5 Å². The molecule has 8 rings (SSSR count). The third-order valence-corrected chi connectivity index (χ3v) is 8.30. The predicted octanol–water partition coefficient (Wildman–Crippen LogP) is 10.4. The van der Waals surface area contributed by atoms with Gasteiger partial charge in [0.15, 0.2) is 0 Å². The summed E-state index contributed by atoms with van der Waals surface area (Å²) in [6.45, 7) is 0. The Morgan fingerprint density at radius 1 is 0.390 bits per heavy atom. The fourth-order valence-corrected chi connectivity index (χ4v) is 6.49. The van der Waals surface area contributed by atoms with E-state index in [1.54, 1.807) is 7.11 Å². The van der Waals surface area contributed by atoms with E-state index in [2.05, 4.69) is 138 Å². The molecule has 0 unspecified atom stereocenters. The number of aromatic nitrogens is 1. The lowest BCUT2D eigenvalue weighted by Crippen LogP contribution is -1.94. The van der Waals surface area contributed by atoms with Gasteiger partial charge in [-0.3, -0.25) is 0 Å². The third kappa shape index (κ3) is 3.65. The number of ether oxygens (including phenoxy) is 1. The monoisotopic (exact) mass is 525 g/mol. The van der Waals surface area contributed by atoms with E-state index >= 15 is 0 Å². The van der Waals surface area contributed by atoms with Crippen molar-refractivity contribution in [1.82, 2.24) is 4.57 Å². The van der Waals surface area contributed by atoms with Crippen molar-refractivity contribution < 1.29 is 4.74 Å². The van der Waals surface area contributed by atoms with Crippen molar-refractivity contribution in [1.29, 1.82) is 0 Å². The van der Waals surface area contributed by atoms with Crippen LogP contribution in [0, 0.1) is 0 Å². The molecular weight excluding hydrogens is 498 g/mol. The third-order valence-electron chi connectivity index (χ3n) is 8.30. The molecule has 0 aliphatic carbocycles. The summed E-state index contributed by atoms with van der Waals surface area (Å²) >= 11 is 0. The highest BCUT2D eigenvalue weighted by molar-refractivity contribution is 6.21. The summed E-state index contributed by atoms with van der Waals surface area (Å²) in [6, 6.07) is 52.4. The van der Waals surface area contributed by atoms with E-state index < -0.39 is 0 Å². The number of fused-ring (bicyclic) bond motifs is 5. The lowest BCUT2D eigenvalue weighted by molar-refractivity contribution is 0.415. The number of hydrogen-bond donors (Lipinski definition) is 0. The Labute approximate surface area is 238 Å². The van der Waals surface area contributed by atoms with Crippen LogP contribution >= 0.6 is 0 Å². The zero-order valence-corrected chi connectivity index (χ0v) is 22.7. The molecular formula is C39H27NO. The highest BCUT2D eigenvalue weighted by Crippen LogP contribution is 2.44. The van der Waals surface area contributed by atoms with E-state index in [-0.39, 0.29) is 0 Å². The molecule has 0 aliphatic heterocycles. The van der Waals surface area contributed by atoms with Crippen LogP contribution in [0.4, 0.5) is 0 Å². The molecule has 41 heavy (non-hydrogen) atoms. The Bertz CT molecular complexity index is 2110. The summed E-state index contributed by atoms with van der Waals surface area (Å²) in [5.74, 6) is 0.863. The number of nitrogens with zero attached hydrogens (tertiary/aromatic N) is 1. The maximum absolute atomic E-state index is 5.44. The lowest BCUT2D eigenvalue weighted by atomic mass is 9.86. The van der Waals surface area contributed by atoms with Crippen LogP contribution in [-0.4, -0.2) is 11.7 Å². The largest absolute Gasteiger partial charge is 0.497 e. The van der Waals surface area contributed by atoms with Gasteiger partial charge in [-0.05, 0) is 80.2 Å². The zero-order valence-electron chi connectivity index (χ0n) is 22.7. The van der Waals surface area contributed by atoms with E-state index in [1.165, 1.54) is 65.6 Å². The normalized spacial score (nSPS) is 11.5. The van der Waals surface area contributed by atoms with Crippen LogP contribution in [0.2, 0.25) is 0 Å². The molecule has 0 atom stereocenters. The molecule has 0 saturated carbocycles. The van der Waals surface area contributed by atoms with Crippen LogP contribution in [0.25, 0.3) is 71.3 Å². The highest BCUT2D eigenvalue weighted by Gasteiger charge is 2.17. The van der Waals surface area contributed by atoms with E-state index in [4.69, 9.17) is 4.74 Å². The van der Waals surface area contributed by atoms with Crippen molar-refractivity contribution >= 4 is 43.4 Å². The van der Waals surface area contributed by atoms with Crippen molar-refractivity contribution in [2.24, 2.45) is 0 Å². The molecule has 0 bridgehead atoms. The number of hydrogen-bond acceptors (Lipinski definition) is 1. The Kier molecular flexibility index (Phi) is 5.39. The van der Waals surface area contributed by atoms with E-state index in [1.807, 2.05) is 12.1 Å². The molecule has 0 N–H and O–H groups in total. The van der Waals surface area contributed by atoms with Gasteiger partial charge in [-0.25, -0.2) is 0 Å². The minimum absolute atomic E-state index is 0.863. The van der Waals surface area contributed by atoms with Crippen molar-refractivity contribution in [3.05, 3.63) is 146 Å².